The van der Waals surface area contributed by atoms with Gasteiger partial charge in [0, 0.05) is 11.8 Å². The Balaban J connectivity index is 2.34. The van der Waals surface area contributed by atoms with Crippen molar-refractivity contribution < 1.29 is 28.5 Å². The normalized spacial score (nSPS) is 21.5. The summed E-state index contributed by atoms with van der Waals surface area (Å²) in [6.07, 6.45) is 0. The smallest absolute Gasteiger partial charge is 0.336 e. The van der Waals surface area contributed by atoms with Crippen molar-refractivity contribution in [2.45, 2.75) is 25.7 Å². The lowest BCUT2D eigenvalue weighted by atomic mass is 9.69. The minimum Gasteiger partial charge on any atom is -0.497 e. The average molecular weight is 465 g/mol. The van der Waals surface area contributed by atoms with Crippen molar-refractivity contribution in [1.82, 2.24) is 0 Å². The van der Waals surface area contributed by atoms with Crippen molar-refractivity contribution in [3.05, 3.63) is 70.9 Å². The molecule has 0 heterocycles. The zero-order valence-corrected chi connectivity index (χ0v) is 19.7. The lowest BCUT2D eigenvalue weighted by molar-refractivity contribution is -0.151. The van der Waals surface area contributed by atoms with E-state index >= 15 is 0 Å². The summed E-state index contributed by atoms with van der Waals surface area (Å²) in [5.41, 5.74) is 5.78. The van der Waals surface area contributed by atoms with Gasteiger partial charge in [-0.3, -0.25) is 0 Å². The minimum atomic E-state index is -1.93. The SMILES string of the molecule is CCOC(=O)C1=C(N)[C@](C#N)(C(=O)OCC)[C@@H](c2ccc(OC)cc2)[C@@H]1c1ccc(OC)cc1. The van der Waals surface area contributed by atoms with Gasteiger partial charge in [0.2, 0.25) is 5.41 Å². The number of hydrogen-bond acceptors (Lipinski definition) is 8. The van der Waals surface area contributed by atoms with Gasteiger partial charge in [0.1, 0.15) is 11.5 Å². The summed E-state index contributed by atoms with van der Waals surface area (Å²) in [6, 6.07) is 16.1. The molecule has 8 heteroatoms. The van der Waals surface area contributed by atoms with Gasteiger partial charge in [0.25, 0.3) is 0 Å². The third kappa shape index (κ3) is 4.05. The zero-order chi connectivity index (χ0) is 24.9. The van der Waals surface area contributed by atoms with Crippen molar-refractivity contribution in [2.24, 2.45) is 11.1 Å². The molecule has 0 amide bonds. The summed E-state index contributed by atoms with van der Waals surface area (Å²) in [6.45, 7) is 3.48. The summed E-state index contributed by atoms with van der Waals surface area (Å²) >= 11 is 0. The molecule has 0 radical (unpaired) electrons. The Labute approximate surface area is 198 Å². The Morgan fingerprint density at radius 2 is 1.41 bits per heavy atom. The van der Waals surface area contributed by atoms with E-state index in [1.54, 1.807) is 76.6 Å². The molecular weight excluding hydrogens is 436 g/mol. The minimum absolute atomic E-state index is 0.0484. The molecule has 0 aromatic heterocycles. The molecule has 34 heavy (non-hydrogen) atoms. The molecule has 0 saturated carbocycles. The van der Waals surface area contributed by atoms with Gasteiger partial charge in [-0.2, -0.15) is 5.26 Å². The van der Waals surface area contributed by atoms with Crippen LogP contribution in [0.5, 0.6) is 11.5 Å². The van der Waals surface area contributed by atoms with Crippen LogP contribution in [-0.4, -0.2) is 39.4 Å². The lowest BCUT2D eigenvalue weighted by Gasteiger charge is -2.32. The number of benzene rings is 2. The number of ether oxygens (including phenoxy) is 4. The molecule has 0 unspecified atom stereocenters. The molecule has 0 fully saturated rings. The highest BCUT2D eigenvalue weighted by molar-refractivity contribution is 5.98. The first-order valence-corrected chi connectivity index (χ1v) is 10.9. The second-order valence-corrected chi connectivity index (χ2v) is 7.69. The number of esters is 2. The van der Waals surface area contributed by atoms with E-state index in [0.29, 0.717) is 22.6 Å². The second-order valence-electron chi connectivity index (χ2n) is 7.69. The standard InChI is InChI=1S/C26H28N2O6/c1-5-33-24(29)21-20(16-7-11-18(31-3)12-8-16)22(17-9-13-19(32-4)14-10-17)26(15-27,23(21)28)25(30)34-6-2/h7-14,20,22H,5-6,28H2,1-4H3/t20-,22+,26-/m1/s1. The number of carbonyl (C=O) groups is 2. The maximum atomic E-state index is 13.4. The van der Waals surface area contributed by atoms with Gasteiger partial charge < -0.3 is 24.7 Å². The number of nitrogens with zero attached hydrogens (tertiary/aromatic N) is 1. The quantitative estimate of drug-likeness (QED) is 0.590. The molecule has 0 saturated heterocycles. The van der Waals surface area contributed by atoms with Crippen LogP contribution in [0.4, 0.5) is 0 Å². The van der Waals surface area contributed by atoms with Crippen LogP contribution in [0.2, 0.25) is 0 Å². The van der Waals surface area contributed by atoms with E-state index in [2.05, 4.69) is 6.07 Å². The molecule has 8 nitrogen and oxygen atoms in total. The van der Waals surface area contributed by atoms with Gasteiger partial charge in [-0.1, -0.05) is 24.3 Å². The Morgan fingerprint density at radius 3 is 1.85 bits per heavy atom. The first-order chi connectivity index (χ1) is 16.4. The predicted molar refractivity (Wildman–Crippen MR) is 124 cm³/mol. The van der Waals surface area contributed by atoms with Gasteiger partial charge in [0.15, 0.2) is 0 Å². The van der Waals surface area contributed by atoms with Crippen molar-refractivity contribution in [1.29, 1.82) is 5.26 Å². The second kappa shape index (κ2) is 10.3. The molecule has 178 valence electrons. The molecule has 0 aliphatic heterocycles. The molecule has 1 aliphatic carbocycles. The maximum absolute atomic E-state index is 13.4. The van der Waals surface area contributed by atoms with Crippen LogP contribution in [0, 0.1) is 16.7 Å². The molecule has 2 aromatic rings. The fraction of sp³-hybridized carbons (Fsp3) is 0.346. The van der Waals surface area contributed by atoms with Crippen molar-refractivity contribution >= 4 is 11.9 Å². The highest BCUT2D eigenvalue weighted by Crippen LogP contribution is 2.59. The van der Waals surface area contributed by atoms with Crippen molar-refractivity contribution in [2.75, 3.05) is 27.4 Å². The Bertz CT molecular complexity index is 1120. The van der Waals surface area contributed by atoms with Gasteiger partial charge in [-0.05, 0) is 49.2 Å². The van der Waals surface area contributed by atoms with E-state index in [9.17, 15) is 14.9 Å². The van der Waals surface area contributed by atoms with Crippen LogP contribution in [0.1, 0.15) is 36.8 Å². The van der Waals surface area contributed by atoms with Gasteiger partial charge in [-0.25, -0.2) is 9.59 Å². The van der Waals surface area contributed by atoms with Crippen LogP contribution in [0.3, 0.4) is 0 Å². The highest BCUT2D eigenvalue weighted by Gasteiger charge is 2.62. The van der Waals surface area contributed by atoms with Crippen LogP contribution >= 0.6 is 0 Å². The summed E-state index contributed by atoms with van der Waals surface area (Å²) < 4.78 is 21.2. The number of methoxy groups -OCH3 is 2. The monoisotopic (exact) mass is 464 g/mol. The van der Waals surface area contributed by atoms with Crippen LogP contribution in [-0.2, 0) is 19.1 Å². The first-order valence-electron chi connectivity index (χ1n) is 10.9. The van der Waals surface area contributed by atoms with Gasteiger partial charge in [-0.15, -0.1) is 0 Å². The van der Waals surface area contributed by atoms with E-state index in [1.807, 2.05) is 0 Å². The zero-order valence-electron chi connectivity index (χ0n) is 19.7. The van der Waals surface area contributed by atoms with E-state index in [1.165, 1.54) is 0 Å². The third-order valence-electron chi connectivity index (χ3n) is 6.04. The summed E-state index contributed by atoms with van der Waals surface area (Å²) in [7, 11) is 3.09. The number of nitrogens with two attached hydrogens (primary N) is 1. The van der Waals surface area contributed by atoms with Crippen LogP contribution in [0.25, 0.3) is 0 Å². The molecule has 2 N–H and O–H groups in total. The Kier molecular flexibility index (Phi) is 7.47. The molecule has 0 bridgehead atoms. The highest BCUT2D eigenvalue weighted by atomic mass is 16.5. The fourth-order valence-corrected chi connectivity index (χ4v) is 4.49. The molecule has 1 aliphatic rings. The average Bonchev–Trinajstić information content (AvgIpc) is 3.13. The van der Waals surface area contributed by atoms with Gasteiger partial charge in [0.05, 0.1) is 44.8 Å². The predicted octanol–water partition coefficient (Wildman–Crippen LogP) is 3.43. The molecule has 3 atom stereocenters. The van der Waals surface area contributed by atoms with Gasteiger partial charge >= 0.3 is 11.9 Å². The summed E-state index contributed by atoms with van der Waals surface area (Å²) in [4.78, 5) is 26.5. The largest absolute Gasteiger partial charge is 0.497 e. The van der Waals surface area contributed by atoms with Crippen molar-refractivity contribution in [3.63, 3.8) is 0 Å². The third-order valence-corrected chi connectivity index (χ3v) is 6.04. The van der Waals surface area contributed by atoms with Crippen molar-refractivity contribution in [3.8, 4) is 17.6 Å². The number of nitriles is 1. The molecular formula is C26H28N2O6. The fourth-order valence-electron chi connectivity index (χ4n) is 4.49. The summed E-state index contributed by atoms with van der Waals surface area (Å²) in [5, 5.41) is 10.4. The maximum Gasteiger partial charge on any atom is 0.336 e. The molecule has 2 aromatic carbocycles. The van der Waals surface area contributed by atoms with E-state index < -0.39 is 29.2 Å². The topological polar surface area (TPSA) is 121 Å². The Morgan fingerprint density at radius 1 is 0.912 bits per heavy atom. The van der Waals surface area contributed by atoms with Crippen LogP contribution in [0.15, 0.2) is 59.8 Å². The number of rotatable bonds is 8. The molecule has 0 spiro atoms. The summed E-state index contributed by atoms with van der Waals surface area (Å²) in [5.74, 6) is -1.87. The number of carbonyl (C=O) groups excluding carboxylic acids is 2. The van der Waals surface area contributed by atoms with E-state index in [4.69, 9.17) is 24.7 Å². The number of hydrogen-bond donors (Lipinski definition) is 1. The van der Waals surface area contributed by atoms with Crippen LogP contribution < -0.4 is 15.2 Å². The molecule has 3 rings (SSSR count). The van der Waals surface area contributed by atoms with E-state index in [0.717, 1.165) is 0 Å². The lowest BCUT2D eigenvalue weighted by Crippen LogP contribution is -2.40. The Hall–Kier alpha value is -3.99. The first kappa shape index (κ1) is 24.6. The van der Waals surface area contributed by atoms with E-state index in [-0.39, 0.29) is 24.5 Å².